The van der Waals surface area contributed by atoms with Crippen molar-refractivity contribution < 1.29 is 19.0 Å². The van der Waals surface area contributed by atoms with Gasteiger partial charge in [-0.15, -0.1) is 0 Å². The second kappa shape index (κ2) is 11.1. The van der Waals surface area contributed by atoms with Crippen LogP contribution in [0.25, 0.3) is 0 Å². The third-order valence-corrected chi connectivity index (χ3v) is 5.04. The van der Waals surface area contributed by atoms with E-state index in [-0.39, 0.29) is 12.5 Å². The van der Waals surface area contributed by atoms with Gasteiger partial charge in [-0.2, -0.15) is 0 Å². The van der Waals surface area contributed by atoms with Crippen molar-refractivity contribution in [3.63, 3.8) is 0 Å². The van der Waals surface area contributed by atoms with Crippen LogP contribution in [-0.4, -0.2) is 26.2 Å². The molecule has 2 N–H and O–H groups in total. The largest absolute Gasteiger partial charge is 0.497 e. The molecule has 0 aliphatic rings. The van der Waals surface area contributed by atoms with Gasteiger partial charge in [-0.3, -0.25) is 4.79 Å². The van der Waals surface area contributed by atoms with E-state index >= 15 is 0 Å². The van der Waals surface area contributed by atoms with Crippen molar-refractivity contribution in [2.75, 3.05) is 31.0 Å². The van der Waals surface area contributed by atoms with Crippen molar-refractivity contribution >= 4 is 17.3 Å². The summed E-state index contributed by atoms with van der Waals surface area (Å²) in [5.41, 5.74) is 5.33. The van der Waals surface area contributed by atoms with E-state index < -0.39 is 0 Å². The van der Waals surface area contributed by atoms with Crippen molar-refractivity contribution in [2.45, 2.75) is 27.3 Å². The highest BCUT2D eigenvalue weighted by Gasteiger charge is 2.10. The molecule has 0 aromatic heterocycles. The minimum Gasteiger partial charge on any atom is -0.497 e. The molecule has 6 nitrogen and oxygen atoms in total. The first-order chi connectivity index (χ1) is 15.5. The molecule has 6 heteroatoms. The SMILES string of the molecule is CCOc1cc(CNc2ccc(C)c(C)c2)ccc1OCC(=O)Nc1ccc(OC)cc1. The molecule has 32 heavy (non-hydrogen) atoms. The van der Waals surface area contributed by atoms with Gasteiger partial charge in [0.15, 0.2) is 18.1 Å². The highest BCUT2D eigenvalue weighted by molar-refractivity contribution is 5.91. The van der Waals surface area contributed by atoms with Crippen molar-refractivity contribution in [3.8, 4) is 17.2 Å². The van der Waals surface area contributed by atoms with Crippen LogP contribution in [0.4, 0.5) is 11.4 Å². The van der Waals surface area contributed by atoms with Gasteiger partial charge in [0, 0.05) is 17.9 Å². The molecule has 0 bridgehead atoms. The maximum atomic E-state index is 12.3. The molecule has 0 heterocycles. The van der Waals surface area contributed by atoms with Gasteiger partial charge in [0.1, 0.15) is 5.75 Å². The van der Waals surface area contributed by atoms with E-state index in [1.165, 1.54) is 11.1 Å². The third-order valence-electron chi connectivity index (χ3n) is 5.04. The molecular weight excluding hydrogens is 404 g/mol. The molecule has 3 aromatic carbocycles. The van der Waals surface area contributed by atoms with E-state index in [4.69, 9.17) is 14.2 Å². The lowest BCUT2D eigenvalue weighted by Crippen LogP contribution is -2.20. The average molecular weight is 435 g/mol. The van der Waals surface area contributed by atoms with Gasteiger partial charge < -0.3 is 24.8 Å². The summed E-state index contributed by atoms with van der Waals surface area (Å²) in [4.78, 5) is 12.3. The molecule has 3 aromatic rings. The molecule has 3 rings (SSSR count). The van der Waals surface area contributed by atoms with Crippen LogP contribution < -0.4 is 24.8 Å². The number of nitrogens with one attached hydrogen (secondary N) is 2. The molecule has 0 unspecified atom stereocenters. The van der Waals surface area contributed by atoms with Gasteiger partial charge in [-0.1, -0.05) is 12.1 Å². The van der Waals surface area contributed by atoms with Gasteiger partial charge in [0.05, 0.1) is 13.7 Å². The molecule has 0 aliphatic heterocycles. The minimum atomic E-state index is -0.252. The Labute approximate surface area is 189 Å². The Morgan fingerprint density at radius 2 is 1.59 bits per heavy atom. The zero-order valence-corrected chi connectivity index (χ0v) is 19.0. The molecule has 0 aliphatic carbocycles. The summed E-state index contributed by atoms with van der Waals surface area (Å²) in [5, 5.41) is 6.24. The maximum absolute atomic E-state index is 12.3. The Morgan fingerprint density at radius 3 is 2.28 bits per heavy atom. The summed E-state index contributed by atoms with van der Waals surface area (Å²) in [6.07, 6.45) is 0. The van der Waals surface area contributed by atoms with Crippen LogP contribution in [0.2, 0.25) is 0 Å². The van der Waals surface area contributed by atoms with Crippen LogP contribution in [0.3, 0.4) is 0 Å². The zero-order valence-electron chi connectivity index (χ0n) is 19.0. The molecule has 0 atom stereocenters. The van der Waals surface area contributed by atoms with Crippen LogP contribution in [0.15, 0.2) is 60.7 Å². The Bertz CT molecular complexity index is 1050. The van der Waals surface area contributed by atoms with Crippen LogP contribution in [0, 0.1) is 13.8 Å². The predicted molar refractivity (Wildman–Crippen MR) is 128 cm³/mol. The summed E-state index contributed by atoms with van der Waals surface area (Å²) in [7, 11) is 1.60. The zero-order chi connectivity index (χ0) is 22.9. The molecular formula is C26H30N2O4. The van der Waals surface area contributed by atoms with E-state index in [1.807, 2.05) is 25.1 Å². The fourth-order valence-electron chi connectivity index (χ4n) is 3.12. The number of carbonyl (C=O) groups is 1. The second-order valence-electron chi connectivity index (χ2n) is 7.43. The number of aryl methyl sites for hydroxylation is 2. The molecule has 0 radical (unpaired) electrons. The maximum Gasteiger partial charge on any atom is 0.262 e. The third kappa shape index (κ3) is 6.41. The number of rotatable bonds is 10. The lowest BCUT2D eigenvalue weighted by atomic mass is 10.1. The number of anilines is 2. The molecule has 0 saturated heterocycles. The fraction of sp³-hybridized carbons (Fsp3) is 0.269. The normalized spacial score (nSPS) is 10.4. The monoisotopic (exact) mass is 434 g/mol. The Hall–Kier alpha value is -3.67. The van der Waals surface area contributed by atoms with Crippen molar-refractivity contribution in [3.05, 3.63) is 77.4 Å². The first-order valence-electron chi connectivity index (χ1n) is 10.6. The number of ether oxygens (including phenoxy) is 3. The number of hydrogen-bond donors (Lipinski definition) is 2. The van der Waals surface area contributed by atoms with E-state index in [0.29, 0.717) is 30.3 Å². The van der Waals surface area contributed by atoms with Crippen LogP contribution in [0.5, 0.6) is 17.2 Å². The summed E-state index contributed by atoms with van der Waals surface area (Å²) in [5.74, 6) is 1.63. The number of amides is 1. The first kappa shape index (κ1) is 23.0. The standard InChI is InChI=1S/C26H30N2O4/c1-5-31-25-15-20(16-27-22-8-6-18(2)19(3)14-22)7-13-24(25)32-17-26(29)28-21-9-11-23(30-4)12-10-21/h6-15,27H,5,16-17H2,1-4H3,(H,28,29). The Balaban J connectivity index is 1.59. The summed E-state index contributed by atoms with van der Waals surface area (Å²) >= 11 is 0. The van der Waals surface area contributed by atoms with Gasteiger partial charge in [-0.25, -0.2) is 0 Å². The molecule has 1 amide bonds. The highest BCUT2D eigenvalue weighted by Crippen LogP contribution is 2.29. The van der Waals surface area contributed by atoms with Gasteiger partial charge >= 0.3 is 0 Å². The minimum absolute atomic E-state index is 0.119. The smallest absolute Gasteiger partial charge is 0.262 e. The number of hydrogen-bond acceptors (Lipinski definition) is 5. The molecule has 0 spiro atoms. The predicted octanol–water partition coefficient (Wildman–Crippen LogP) is 5.34. The number of methoxy groups -OCH3 is 1. The Kier molecular flexibility index (Phi) is 7.97. The summed E-state index contributed by atoms with van der Waals surface area (Å²) in [6.45, 7) is 7.16. The van der Waals surface area contributed by atoms with E-state index in [9.17, 15) is 4.79 Å². The molecule has 168 valence electrons. The second-order valence-corrected chi connectivity index (χ2v) is 7.43. The summed E-state index contributed by atoms with van der Waals surface area (Å²) < 4.78 is 16.6. The first-order valence-corrected chi connectivity index (χ1v) is 10.6. The lowest BCUT2D eigenvalue weighted by molar-refractivity contribution is -0.118. The quantitative estimate of drug-likeness (QED) is 0.451. The topological polar surface area (TPSA) is 68.8 Å². The van der Waals surface area contributed by atoms with Gasteiger partial charge in [0.25, 0.3) is 5.91 Å². The van der Waals surface area contributed by atoms with Gasteiger partial charge in [-0.05, 0) is 86.0 Å². The average Bonchev–Trinajstić information content (AvgIpc) is 2.80. The molecule has 0 fully saturated rings. The van der Waals surface area contributed by atoms with Crippen LogP contribution in [-0.2, 0) is 11.3 Å². The highest BCUT2D eigenvalue weighted by atomic mass is 16.5. The van der Waals surface area contributed by atoms with E-state index in [2.05, 4.69) is 42.7 Å². The lowest BCUT2D eigenvalue weighted by Gasteiger charge is -2.14. The van der Waals surface area contributed by atoms with Crippen molar-refractivity contribution in [2.24, 2.45) is 0 Å². The number of benzene rings is 3. The van der Waals surface area contributed by atoms with Crippen LogP contribution in [0.1, 0.15) is 23.6 Å². The molecule has 0 saturated carbocycles. The van der Waals surface area contributed by atoms with Crippen molar-refractivity contribution in [1.82, 2.24) is 0 Å². The van der Waals surface area contributed by atoms with Crippen LogP contribution >= 0.6 is 0 Å². The number of carbonyl (C=O) groups excluding carboxylic acids is 1. The van der Waals surface area contributed by atoms with E-state index in [0.717, 1.165) is 17.0 Å². The Morgan fingerprint density at radius 1 is 0.844 bits per heavy atom. The van der Waals surface area contributed by atoms with Crippen molar-refractivity contribution in [1.29, 1.82) is 0 Å². The fourth-order valence-corrected chi connectivity index (χ4v) is 3.12. The van der Waals surface area contributed by atoms with Gasteiger partial charge in [0.2, 0.25) is 0 Å². The summed E-state index contributed by atoms with van der Waals surface area (Å²) in [6, 6.07) is 19.2. The van der Waals surface area contributed by atoms with E-state index in [1.54, 1.807) is 31.4 Å².